The van der Waals surface area contributed by atoms with Crippen LogP contribution < -0.4 is 10.2 Å². The van der Waals surface area contributed by atoms with E-state index in [1.165, 1.54) is 11.3 Å². The van der Waals surface area contributed by atoms with E-state index in [9.17, 15) is 0 Å². The lowest BCUT2D eigenvalue weighted by molar-refractivity contribution is 0.721. The number of benzene rings is 1. The van der Waals surface area contributed by atoms with Crippen molar-refractivity contribution in [3.05, 3.63) is 34.5 Å². The molecule has 0 unspecified atom stereocenters. The summed E-state index contributed by atoms with van der Waals surface area (Å²) in [4.78, 5) is 6.90. The zero-order chi connectivity index (χ0) is 14.7. The van der Waals surface area contributed by atoms with Crippen LogP contribution in [0.3, 0.4) is 0 Å². The molecule has 0 saturated carbocycles. The molecular weight excluding hydrogens is 270 g/mol. The first-order valence-electron chi connectivity index (χ1n) is 6.95. The van der Waals surface area contributed by atoms with Crippen molar-refractivity contribution in [2.75, 3.05) is 32.6 Å². The number of aromatic nitrogens is 1. The third-order valence-electron chi connectivity index (χ3n) is 3.53. The molecule has 0 bridgehead atoms. The lowest BCUT2D eigenvalue weighted by Crippen LogP contribution is -2.15. The fraction of sp³-hybridized carbons (Fsp3) is 0.438. The number of aryl methyl sites for hydroxylation is 1. The molecule has 0 fully saturated rings. The number of nitrogens with one attached hydrogen (secondary N) is 1. The van der Waals surface area contributed by atoms with Gasteiger partial charge in [-0.1, -0.05) is 11.6 Å². The fourth-order valence-electron chi connectivity index (χ4n) is 2.63. The van der Waals surface area contributed by atoms with Crippen molar-refractivity contribution in [3.8, 4) is 0 Å². The predicted molar refractivity (Wildman–Crippen MR) is 88.1 cm³/mol. The Labute approximate surface area is 126 Å². The van der Waals surface area contributed by atoms with E-state index >= 15 is 0 Å². The second-order valence-corrected chi connectivity index (χ2v) is 5.72. The smallest absolute Gasteiger partial charge is 0.0727 e. The molecule has 4 heteroatoms. The number of nitrogens with zero attached hydrogens (tertiary/aromatic N) is 2. The van der Waals surface area contributed by atoms with Gasteiger partial charge in [0.25, 0.3) is 0 Å². The number of hydrogen-bond acceptors (Lipinski definition) is 3. The summed E-state index contributed by atoms with van der Waals surface area (Å²) in [5.74, 6) is 0. The maximum atomic E-state index is 6.16. The number of hydrogen-bond donors (Lipinski definition) is 1. The SMILES string of the molecule is CNCCCc1c(C)nc2ccc(Cl)cc2c1N(C)C. The van der Waals surface area contributed by atoms with Crippen LogP contribution >= 0.6 is 11.6 Å². The highest BCUT2D eigenvalue weighted by molar-refractivity contribution is 6.31. The number of pyridine rings is 1. The number of anilines is 1. The summed E-state index contributed by atoms with van der Waals surface area (Å²) >= 11 is 6.16. The van der Waals surface area contributed by atoms with E-state index in [1.54, 1.807) is 0 Å². The van der Waals surface area contributed by atoms with Gasteiger partial charge in [-0.25, -0.2) is 0 Å². The number of rotatable bonds is 5. The van der Waals surface area contributed by atoms with Crippen molar-refractivity contribution in [1.29, 1.82) is 0 Å². The third kappa shape index (κ3) is 3.05. The Kier molecular flexibility index (Phi) is 4.84. The fourth-order valence-corrected chi connectivity index (χ4v) is 2.80. The average molecular weight is 292 g/mol. The Morgan fingerprint density at radius 1 is 1.30 bits per heavy atom. The molecule has 1 aromatic heterocycles. The van der Waals surface area contributed by atoms with Crippen LogP contribution in [0.4, 0.5) is 5.69 Å². The summed E-state index contributed by atoms with van der Waals surface area (Å²) in [6, 6.07) is 5.91. The molecule has 0 aliphatic carbocycles. The van der Waals surface area contributed by atoms with Gasteiger partial charge in [-0.2, -0.15) is 0 Å². The molecule has 0 aliphatic rings. The van der Waals surface area contributed by atoms with Crippen LogP contribution in [0.5, 0.6) is 0 Å². The van der Waals surface area contributed by atoms with Crippen molar-refractivity contribution in [2.45, 2.75) is 19.8 Å². The molecule has 0 aliphatic heterocycles. The zero-order valence-electron chi connectivity index (χ0n) is 12.6. The molecule has 1 aromatic carbocycles. The van der Waals surface area contributed by atoms with Crippen LogP contribution in [0.25, 0.3) is 10.9 Å². The molecule has 108 valence electrons. The molecule has 0 spiro atoms. The highest BCUT2D eigenvalue weighted by Gasteiger charge is 2.14. The Morgan fingerprint density at radius 3 is 2.70 bits per heavy atom. The summed E-state index contributed by atoms with van der Waals surface area (Å²) in [5.41, 5.74) is 4.68. The molecule has 0 amide bonds. The standard InChI is InChI=1S/C16H22ClN3/c1-11-13(6-5-9-18-2)16(20(3)4)14-10-12(17)7-8-15(14)19-11/h7-8,10,18H,5-6,9H2,1-4H3. The van der Waals surface area contributed by atoms with Gasteiger partial charge in [-0.05, 0) is 57.1 Å². The summed E-state index contributed by atoms with van der Waals surface area (Å²) in [5, 5.41) is 5.09. The molecule has 2 rings (SSSR count). The Morgan fingerprint density at radius 2 is 2.05 bits per heavy atom. The summed E-state index contributed by atoms with van der Waals surface area (Å²) < 4.78 is 0. The highest BCUT2D eigenvalue weighted by Crippen LogP contribution is 2.33. The van der Waals surface area contributed by atoms with Gasteiger partial charge in [0.05, 0.1) is 11.2 Å². The monoisotopic (exact) mass is 291 g/mol. The molecule has 20 heavy (non-hydrogen) atoms. The van der Waals surface area contributed by atoms with Gasteiger partial charge < -0.3 is 10.2 Å². The third-order valence-corrected chi connectivity index (χ3v) is 3.76. The van der Waals surface area contributed by atoms with Crippen LogP contribution in [0.1, 0.15) is 17.7 Å². The van der Waals surface area contributed by atoms with Crippen molar-refractivity contribution in [2.24, 2.45) is 0 Å². The largest absolute Gasteiger partial charge is 0.377 e. The molecule has 1 heterocycles. The van der Waals surface area contributed by atoms with E-state index in [2.05, 4.69) is 31.2 Å². The molecule has 1 N–H and O–H groups in total. The topological polar surface area (TPSA) is 28.2 Å². The predicted octanol–water partition coefficient (Wildman–Crippen LogP) is 3.41. The Hall–Kier alpha value is -1.32. The minimum atomic E-state index is 0.757. The van der Waals surface area contributed by atoms with Gasteiger partial charge in [-0.3, -0.25) is 4.98 Å². The first-order valence-corrected chi connectivity index (χ1v) is 7.33. The molecule has 3 nitrogen and oxygen atoms in total. The molecule has 0 radical (unpaired) electrons. The normalized spacial score (nSPS) is 11.1. The summed E-state index contributed by atoms with van der Waals surface area (Å²) in [6.07, 6.45) is 2.13. The average Bonchev–Trinajstić information content (AvgIpc) is 2.39. The van der Waals surface area contributed by atoms with Crippen LogP contribution in [-0.2, 0) is 6.42 Å². The lowest BCUT2D eigenvalue weighted by Gasteiger charge is -2.22. The number of fused-ring (bicyclic) bond motifs is 1. The lowest BCUT2D eigenvalue weighted by atomic mass is 10.0. The quantitative estimate of drug-likeness (QED) is 0.856. The zero-order valence-corrected chi connectivity index (χ0v) is 13.4. The highest BCUT2D eigenvalue weighted by atomic mass is 35.5. The molecule has 0 atom stereocenters. The van der Waals surface area contributed by atoms with E-state index < -0.39 is 0 Å². The minimum Gasteiger partial charge on any atom is -0.377 e. The van der Waals surface area contributed by atoms with E-state index in [1.807, 2.05) is 25.2 Å². The Bertz CT molecular complexity index is 608. The van der Waals surface area contributed by atoms with Crippen LogP contribution in [0.2, 0.25) is 5.02 Å². The van der Waals surface area contributed by atoms with Crippen molar-refractivity contribution >= 4 is 28.2 Å². The minimum absolute atomic E-state index is 0.757. The van der Waals surface area contributed by atoms with Crippen molar-refractivity contribution in [1.82, 2.24) is 10.3 Å². The van der Waals surface area contributed by atoms with Crippen molar-refractivity contribution in [3.63, 3.8) is 0 Å². The van der Waals surface area contributed by atoms with Gasteiger partial charge in [0.2, 0.25) is 0 Å². The summed E-state index contributed by atoms with van der Waals surface area (Å²) in [6.45, 7) is 3.11. The van der Waals surface area contributed by atoms with E-state index in [0.29, 0.717) is 0 Å². The van der Waals surface area contributed by atoms with Crippen molar-refractivity contribution < 1.29 is 0 Å². The first kappa shape index (κ1) is 15.1. The van der Waals surface area contributed by atoms with E-state index in [4.69, 9.17) is 16.6 Å². The van der Waals surface area contributed by atoms with Crippen LogP contribution in [0, 0.1) is 6.92 Å². The van der Waals surface area contributed by atoms with Gasteiger partial charge in [-0.15, -0.1) is 0 Å². The van der Waals surface area contributed by atoms with E-state index in [0.717, 1.165) is 41.0 Å². The van der Waals surface area contributed by atoms with E-state index in [-0.39, 0.29) is 0 Å². The van der Waals surface area contributed by atoms with Gasteiger partial charge in [0.1, 0.15) is 0 Å². The number of halogens is 1. The second-order valence-electron chi connectivity index (χ2n) is 5.29. The molecule has 0 saturated heterocycles. The van der Waals surface area contributed by atoms with Gasteiger partial charge in [0, 0.05) is 30.2 Å². The molecular formula is C16H22ClN3. The van der Waals surface area contributed by atoms with Crippen LogP contribution in [0.15, 0.2) is 18.2 Å². The van der Waals surface area contributed by atoms with Gasteiger partial charge in [0.15, 0.2) is 0 Å². The first-order chi connectivity index (χ1) is 9.54. The molecule has 2 aromatic rings. The van der Waals surface area contributed by atoms with Gasteiger partial charge >= 0.3 is 0 Å². The van der Waals surface area contributed by atoms with Crippen LogP contribution in [-0.4, -0.2) is 32.7 Å². The Balaban J connectivity index is 2.59. The summed E-state index contributed by atoms with van der Waals surface area (Å²) in [7, 11) is 6.14. The maximum Gasteiger partial charge on any atom is 0.0727 e. The second kappa shape index (κ2) is 6.42. The maximum absolute atomic E-state index is 6.16.